The number of halogens is 1. The first-order chi connectivity index (χ1) is 16.9. The molecule has 1 unspecified atom stereocenters. The molecule has 194 valence electrons. The molecule has 3 rings (SSSR count). The molecule has 1 aliphatic rings. The van der Waals surface area contributed by atoms with Crippen molar-refractivity contribution in [1.29, 1.82) is 0 Å². The molecule has 0 saturated heterocycles. The first-order valence-corrected chi connectivity index (χ1v) is 13.0. The third kappa shape index (κ3) is 9.37. The fourth-order valence-electron chi connectivity index (χ4n) is 3.97. The molecule has 1 atom stereocenters. The number of rotatable bonds is 15. The van der Waals surface area contributed by atoms with E-state index in [-0.39, 0.29) is 0 Å². The summed E-state index contributed by atoms with van der Waals surface area (Å²) < 4.78 is 22.9. The molecule has 2 aromatic carbocycles. The van der Waals surface area contributed by atoms with Crippen LogP contribution in [0.2, 0.25) is 5.02 Å². The highest BCUT2D eigenvalue weighted by Crippen LogP contribution is 2.32. The Kier molecular flexibility index (Phi) is 11.3. The number of unbranched alkanes of at least 4 members (excludes halogenated alkanes) is 3. The molecule has 6 nitrogen and oxygen atoms in total. The van der Waals surface area contributed by atoms with E-state index in [9.17, 15) is 5.11 Å². The van der Waals surface area contributed by atoms with Crippen LogP contribution >= 0.6 is 11.6 Å². The van der Waals surface area contributed by atoms with Crippen molar-refractivity contribution in [3.8, 4) is 5.75 Å². The minimum absolute atomic E-state index is 0.495. The quantitative estimate of drug-likeness (QED) is 0.302. The summed E-state index contributed by atoms with van der Waals surface area (Å²) in [4.78, 5) is 0. The second-order valence-corrected chi connectivity index (χ2v) is 9.90. The van der Waals surface area contributed by atoms with Gasteiger partial charge in [-0.1, -0.05) is 42.6 Å². The highest BCUT2D eigenvalue weighted by atomic mass is 35.5. The van der Waals surface area contributed by atoms with Crippen molar-refractivity contribution < 1.29 is 24.1 Å². The normalized spacial score (nSPS) is 15.5. The third-order valence-corrected chi connectivity index (χ3v) is 6.46. The Hall–Kier alpha value is -1.67. The molecule has 1 aliphatic heterocycles. The maximum Gasteiger partial charge on any atom is 0.205 e. The SMILES string of the molecule is Cc1cccc(Cl)c1COCCOCCCCCCNCC(O)c1ccc2c(c1)COC(C)(C)O2. The van der Waals surface area contributed by atoms with E-state index in [2.05, 4.69) is 5.32 Å². The number of nitrogens with one attached hydrogen (secondary N) is 1. The molecule has 0 spiro atoms. The highest BCUT2D eigenvalue weighted by Gasteiger charge is 2.27. The molecule has 2 aromatic rings. The monoisotopic (exact) mass is 505 g/mol. The minimum atomic E-state index is -0.605. The fourth-order valence-corrected chi connectivity index (χ4v) is 4.25. The van der Waals surface area contributed by atoms with Gasteiger partial charge in [-0.05, 0) is 61.2 Å². The molecular weight excluding hydrogens is 466 g/mol. The Morgan fingerprint density at radius 1 is 1.06 bits per heavy atom. The number of aliphatic hydroxyl groups is 1. The van der Waals surface area contributed by atoms with Crippen molar-refractivity contribution in [2.75, 3.05) is 32.9 Å². The van der Waals surface area contributed by atoms with Crippen molar-refractivity contribution in [3.63, 3.8) is 0 Å². The molecule has 7 heteroatoms. The number of hydrogen-bond acceptors (Lipinski definition) is 6. The van der Waals surface area contributed by atoms with E-state index in [1.807, 2.05) is 57.2 Å². The smallest absolute Gasteiger partial charge is 0.205 e. The summed E-state index contributed by atoms with van der Waals surface area (Å²) in [5, 5.41) is 14.6. The highest BCUT2D eigenvalue weighted by molar-refractivity contribution is 6.31. The lowest BCUT2D eigenvalue weighted by molar-refractivity contribution is -0.180. The van der Waals surface area contributed by atoms with Crippen LogP contribution in [-0.4, -0.2) is 43.8 Å². The molecule has 0 fully saturated rings. The van der Waals surface area contributed by atoms with Crippen LogP contribution in [0.5, 0.6) is 5.75 Å². The largest absolute Gasteiger partial charge is 0.463 e. The fraction of sp³-hybridized carbons (Fsp3) is 0.571. The molecule has 35 heavy (non-hydrogen) atoms. The molecule has 0 aliphatic carbocycles. The van der Waals surface area contributed by atoms with Gasteiger partial charge in [0.15, 0.2) is 0 Å². The summed E-state index contributed by atoms with van der Waals surface area (Å²) in [7, 11) is 0. The average Bonchev–Trinajstić information content (AvgIpc) is 2.82. The summed E-state index contributed by atoms with van der Waals surface area (Å²) in [5.41, 5.74) is 4.05. The van der Waals surface area contributed by atoms with Crippen LogP contribution in [0.25, 0.3) is 0 Å². The molecule has 0 radical (unpaired) electrons. The van der Waals surface area contributed by atoms with Crippen LogP contribution in [0, 0.1) is 6.92 Å². The second kappa shape index (κ2) is 14.2. The first kappa shape index (κ1) is 27.9. The van der Waals surface area contributed by atoms with Gasteiger partial charge in [-0.2, -0.15) is 0 Å². The maximum atomic E-state index is 10.5. The van der Waals surface area contributed by atoms with Gasteiger partial charge in [0.25, 0.3) is 0 Å². The number of ether oxygens (including phenoxy) is 4. The number of fused-ring (bicyclic) bond motifs is 1. The number of aryl methyl sites for hydroxylation is 1. The van der Waals surface area contributed by atoms with Gasteiger partial charge in [0.05, 0.1) is 32.5 Å². The van der Waals surface area contributed by atoms with Gasteiger partial charge in [0.1, 0.15) is 5.75 Å². The molecule has 0 amide bonds. The Morgan fingerprint density at radius 3 is 2.69 bits per heavy atom. The summed E-state index contributed by atoms with van der Waals surface area (Å²) in [6.45, 7) is 10.2. The predicted octanol–water partition coefficient (Wildman–Crippen LogP) is 5.71. The zero-order valence-corrected chi connectivity index (χ0v) is 22.0. The topological polar surface area (TPSA) is 69.2 Å². The Bertz CT molecular complexity index is 900. The molecular formula is C28H40ClNO5. The van der Waals surface area contributed by atoms with Crippen molar-refractivity contribution >= 4 is 11.6 Å². The van der Waals surface area contributed by atoms with E-state index in [1.54, 1.807) is 0 Å². The van der Waals surface area contributed by atoms with E-state index in [0.29, 0.717) is 33.0 Å². The summed E-state index contributed by atoms with van der Waals surface area (Å²) in [6.07, 6.45) is 3.84. The van der Waals surface area contributed by atoms with Crippen LogP contribution < -0.4 is 10.1 Å². The van der Waals surface area contributed by atoms with Crippen molar-refractivity contribution in [2.24, 2.45) is 0 Å². The number of hydrogen-bond donors (Lipinski definition) is 2. The van der Waals surface area contributed by atoms with Gasteiger partial charge in [-0.15, -0.1) is 0 Å². The van der Waals surface area contributed by atoms with E-state index in [1.165, 1.54) is 0 Å². The molecule has 0 saturated carbocycles. The van der Waals surface area contributed by atoms with Gasteiger partial charge in [-0.3, -0.25) is 0 Å². The van der Waals surface area contributed by atoms with Crippen molar-refractivity contribution in [3.05, 3.63) is 63.7 Å². The predicted molar refractivity (Wildman–Crippen MR) is 139 cm³/mol. The summed E-state index contributed by atoms with van der Waals surface area (Å²) in [6, 6.07) is 11.7. The summed E-state index contributed by atoms with van der Waals surface area (Å²) >= 11 is 6.21. The minimum Gasteiger partial charge on any atom is -0.463 e. The van der Waals surface area contributed by atoms with E-state index >= 15 is 0 Å². The number of aliphatic hydroxyl groups excluding tert-OH is 1. The molecule has 0 bridgehead atoms. The lowest BCUT2D eigenvalue weighted by Crippen LogP contribution is -2.35. The van der Waals surface area contributed by atoms with Crippen molar-refractivity contribution in [2.45, 2.75) is 71.6 Å². The molecule has 2 N–H and O–H groups in total. The Morgan fingerprint density at radius 2 is 1.86 bits per heavy atom. The van der Waals surface area contributed by atoms with E-state index < -0.39 is 11.9 Å². The van der Waals surface area contributed by atoms with Crippen molar-refractivity contribution in [1.82, 2.24) is 5.32 Å². The van der Waals surface area contributed by atoms with Gasteiger partial charge < -0.3 is 29.4 Å². The van der Waals surface area contributed by atoms with Crippen LogP contribution in [-0.2, 0) is 27.4 Å². The van der Waals surface area contributed by atoms with E-state index in [0.717, 1.165) is 71.9 Å². The Labute approximate surface area is 214 Å². The Balaban J connectivity index is 1.16. The van der Waals surface area contributed by atoms with Crippen LogP contribution in [0.15, 0.2) is 36.4 Å². The lowest BCUT2D eigenvalue weighted by atomic mass is 10.0. The van der Waals surface area contributed by atoms with E-state index in [4.69, 9.17) is 30.5 Å². The lowest BCUT2D eigenvalue weighted by Gasteiger charge is -2.33. The van der Waals surface area contributed by atoms with Crippen LogP contribution in [0.1, 0.15) is 67.9 Å². The maximum absolute atomic E-state index is 10.5. The van der Waals surface area contributed by atoms with Gasteiger partial charge in [-0.25, -0.2) is 0 Å². The second-order valence-electron chi connectivity index (χ2n) is 9.49. The average molecular weight is 506 g/mol. The third-order valence-electron chi connectivity index (χ3n) is 6.10. The van der Waals surface area contributed by atoms with Crippen LogP contribution in [0.3, 0.4) is 0 Å². The molecule has 1 heterocycles. The summed E-state index contributed by atoms with van der Waals surface area (Å²) in [5.74, 6) is 0.223. The van der Waals surface area contributed by atoms with Crippen LogP contribution in [0.4, 0.5) is 0 Å². The van der Waals surface area contributed by atoms with Gasteiger partial charge in [0.2, 0.25) is 5.79 Å². The zero-order valence-electron chi connectivity index (χ0n) is 21.3. The molecule has 0 aromatic heterocycles. The van der Waals surface area contributed by atoms with Gasteiger partial charge in [0, 0.05) is 37.6 Å². The zero-order chi connectivity index (χ0) is 25.1. The standard InChI is InChI=1S/C28H40ClNO5/c1-21-9-8-10-25(29)24(21)20-33-16-15-32-14-7-5-4-6-13-30-18-26(31)22-11-12-27-23(17-22)19-34-28(2,3)35-27/h8-12,17,26,30-31H,4-7,13-16,18-20H2,1-3H3. The van der Waals surface area contributed by atoms with Gasteiger partial charge >= 0.3 is 0 Å². The first-order valence-electron chi connectivity index (χ1n) is 12.6. The number of benzene rings is 2.